The van der Waals surface area contributed by atoms with Crippen LogP contribution in [0.4, 0.5) is 22.0 Å². The summed E-state index contributed by atoms with van der Waals surface area (Å²) in [5.41, 5.74) is 7.66. The Hall–Kier alpha value is -1.78. The fourth-order valence-electron chi connectivity index (χ4n) is 3.92. The standard InChI is InChI=1S/C19H19F5N4S/c20-11-1-2-14(21)13(5-11)17-15(25)6-12(9-29-17)28-4-3-10-7-26-18(19(22,23)24)27-16(10)8-28/h1-2,5,7,12,15,17H,3-4,6,8-9,25H2/t12-,15+,17-/m1/s1. The van der Waals surface area contributed by atoms with Gasteiger partial charge in [0.25, 0.3) is 0 Å². The quantitative estimate of drug-likeness (QED) is 0.737. The lowest BCUT2D eigenvalue weighted by atomic mass is 9.96. The van der Waals surface area contributed by atoms with Crippen molar-refractivity contribution in [1.29, 1.82) is 0 Å². The number of nitrogens with two attached hydrogens (primary N) is 1. The van der Waals surface area contributed by atoms with Gasteiger partial charge in [-0.15, -0.1) is 0 Å². The lowest BCUT2D eigenvalue weighted by Crippen LogP contribution is -2.48. The SMILES string of the molecule is N[C@H]1C[C@@H](N2CCc3cnc(C(F)(F)F)nc3C2)CS[C@@H]1c1cc(F)ccc1F. The van der Waals surface area contributed by atoms with Crippen molar-refractivity contribution in [3.63, 3.8) is 0 Å². The van der Waals surface area contributed by atoms with Crippen LogP contribution in [0.1, 0.15) is 34.3 Å². The number of benzene rings is 1. The molecule has 29 heavy (non-hydrogen) atoms. The lowest BCUT2D eigenvalue weighted by molar-refractivity contribution is -0.145. The first kappa shape index (κ1) is 20.5. The van der Waals surface area contributed by atoms with Crippen molar-refractivity contribution in [3.05, 3.63) is 58.7 Å². The summed E-state index contributed by atoms with van der Waals surface area (Å²) in [6.07, 6.45) is -2.22. The summed E-state index contributed by atoms with van der Waals surface area (Å²) in [5.74, 6) is -1.50. The number of rotatable bonds is 2. The zero-order valence-electron chi connectivity index (χ0n) is 15.3. The second kappa shape index (κ2) is 7.81. The first-order chi connectivity index (χ1) is 13.7. The first-order valence-electron chi connectivity index (χ1n) is 9.20. The fraction of sp³-hybridized carbons (Fsp3) is 0.474. The molecule has 1 fully saturated rings. The van der Waals surface area contributed by atoms with Crippen molar-refractivity contribution in [2.45, 2.75) is 42.9 Å². The van der Waals surface area contributed by atoms with Crippen molar-refractivity contribution in [1.82, 2.24) is 14.9 Å². The maximum atomic E-state index is 14.1. The molecule has 0 amide bonds. The van der Waals surface area contributed by atoms with E-state index >= 15 is 0 Å². The van der Waals surface area contributed by atoms with Gasteiger partial charge in [0.1, 0.15) is 11.6 Å². The zero-order valence-corrected chi connectivity index (χ0v) is 16.1. The molecule has 1 aromatic carbocycles. The molecule has 10 heteroatoms. The summed E-state index contributed by atoms with van der Waals surface area (Å²) in [6.45, 7) is 0.955. The van der Waals surface area contributed by atoms with Gasteiger partial charge in [0, 0.05) is 47.9 Å². The van der Waals surface area contributed by atoms with E-state index in [2.05, 4.69) is 14.9 Å². The fourth-order valence-corrected chi connectivity index (χ4v) is 5.42. The van der Waals surface area contributed by atoms with E-state index in [4.69, 9.17) is 5.73 Å². The molecule has 0 radical (unpaired) electrons. The third-order valence-corrected chi connectivity index (χ3v) is 6.95. The van der Waals surface area contributed by atoms with Crippen LogP contribution < -0.4 is 5.73 Å². The van der Waals surface area contributed by atoms with Crippen LogP contribution in [0.3, 0.4) is 0 Å². The van der Waals surface area contributed by atoms with Gasteiger partial charge in [0.05, 0.1) is 5.69 Å². The van der Waals surface area contributed by atoms with Crippen LogP contribution in [0.2, 0.25) is 0 Å². The summed E-state index contributed by atoms with van der Waals surface area (Å²) >= 11 is 1.45. The summed E-state index contributed by atoms with van der Waals surface area (Å²) in [7, 11) is 0. The highest BCUT2D eigenvalue weighted by atomic mass is 32.2. The molecular weight excluding hydrogens is 411 g/mol. The topological polar surface area (TPSA) is 55.0 Å². The van der Waals surface area contributed by atoms with E-state index in [0.29, 0.717) is 30.8 Å². The molecule has 0 bridgehead atoms. The molecule has 1 aromatic heterocycles. The highest BCUT2D eigenvalue weighted by Crippen LogP contribution is 2.41. The van der Waals surface area contributed by atoms with E-state index in [1.54, 1.807) is 0 Å². The van der Waals surface area contributed by atoms with E-state index in [-0.39, 0.29) is 23.4 Å². The zero-order chi connectivity index (χ0) is 20.8. The molecule has 3 atom stereocenters. The van der Waals surface area contributed by atoms with E-state index < -0.39 is 29.7 Å². The second-order valence-corrected chi connectivity index (χ2v) is 8.53. The number of hydrogen-bond acceptors (Lipinski definition) is 5. The van der Waals surface area contributed by atoms with Crippen LogP contribution in [0.15, 0.2) is 24.4 Å². The predicted molar refractivity (Wildman–Crippen MR) is 99.1 cm³/mol. The number of hydrogen-bond donors (Lipinski definition) is 1. The van der Waals surface area contributed by atoms with Crippen molar-refractivity contribution in [3.8, 4) is 0 Å². The highest BCUT2D eigenvalue weighted by molar-refractivity contribution is 7.99. The minimum Gasteiger partial charge on any atom is -0.326 e. The molecule has 4 nitrogen and oxygen atoms in total. The van der Waals surface area contributed by atoms with Crippen molar-refractivity contribution in [2.75, 3.05) is 12.3 Å². The van der Waals surface area contributed by atoms with E-state index in [1.165, 1.54) is 24.0 Å². The second-order valence-electron chi connectivity index (χ2n) is 7.36. The third kappa shape index (κ3) is 4.24. The molecule has 0 unspecified atom stereocenters. The Morgan fingerprint density at radius 1 is 1.21 bits per heavy atom. The predicted octanol–water partition coefficient (Wildman–Crippen LogP) is 3.71. The highest BCUT2D eigenvalue weighted by Gasteiger charge is 2.38. The Bertz CT molecular complexity index is 907. The van der Waals surface area contributed by atoms with Gasteiger partial charge in [-0.3, -0.25) is 4.90 Å². The number of halogens is 5. The maximum absolute atomic E-state index is 14.1. The van der Waals surface area contributed by atoms with Crippen LogP contribution in [-0.4, -0.2) is 39.2 Å². The number of fused-ring (bicyclic) bond motifs is 1. The molecule has 0 aliphatic carbocycles. The number of aromatic nitrogens is 2. The van der Waals surface area contributed by atoms with Gasteiger partial charge in [0.15, 0.2) is 0 Å². The molecule has 0 saturated carbocycles. The molecule has 1 saturated heterocycles. The van der Waals surface area contributed by atoms with Crippen molar-refractivity contribution >= 4 is 11.8 Å². The Kier molecular flexibility index (Phi) is 5.52. The molecule has 2 aromatic rings. The summed E-state index contributed by atoms with van der Waals surface area (Å²) < 4.78 is 66.4. The van der Waals surface area contributed by atoms with E-state index in [0.717, 1.165) is 17.7 Å². The van der Waals surface area contributed by atoms with Gasteiger partial charge in [-0.25, -0.2) is 18.7 Å². The first-order valence-corrected chi connectivity index (χ1v) is 10.3. The van der Waals surface area contributed by atoms with Gasteiger partial charge in [-0.05, 0) is 36.6 Å². The molecule has 156 valence electrons. The maximum Gasteiger partial charge on any atom is 0.451 e. The summed E-state index contributed by atoms with van der Waals surface area (Å²) in [4.78, 5) is 9.22. The Balaban J connectivity index is 1.47. The number of thioether (sulfide) groups is 1. The number of nitrogens with zero attached hydrogens (tertiary/aromatic N) is 3. The Morgan fingerprint density at radius 3 is 2.72 bits per heavy atom. The largest absolute Gasteiger partial charge is 0.451 e. The summed E-state index contributed by atoms with van der Waals surface area (Å²) in [5, 5.41) is -0.363. The van der Waals surface area contributed by atoms with Crippen molar-refractivity contribution < 1.29 is 22.0 Å². The molecular formula is C19H19F5N4S. The Morgan fingerprint density at radius 2 is 2.00 bits per heavy atom. The molecule has 2 aliphatic rings. The minimum absolute atomic E-state index is 0.0281. The Labute approximate surface area is 168 Å². The van der Waals surface area contributed by atoms with Crippen LogP contribution in [0.25, 0.3) is 0 Å². The van der Waals surface area contributed by atoms with Gasteiger partial charge in [-0.2, -0.15) is 24.9 Å². The average molecular weight is 430 g/mol. The molecule has 3 heterocycles. The van der Waals surface area contributed by atoms with Crippen LogP contribution >= 0.6 is 11.8 Å². The van der Waals surface area contributed by atoms with E-state index in [1.807, 2.05) is 0 Å². The van der Waals surface area contributed by atoms with Gasteiger partial charge < -0.3 is 5.73 Å². The minimum atomic E-state index is -4.58. The van der Waals surface area contributed by atoms with E-state index in [9.17, 15) is 22.0 Å². The normalized spacial score (nSPS) is 25.7. The van der Waals surface area contributed by atoms with Crippen LogP contribution in [0.5, 0.6) is 0 Å². The molecule has 2 aliphatic heterocycles. The smallest absolute Gasteiger partial charge is 0.326 e. The van der Waals surface area contributed by atoms with Gasteiger partial charge >= 0.3 is 6.18 Å². The monoisotopic (exact) mass is 430 g/mol. The van der Waals surface area contributed by atoms with Crippen molar-refractivity contribution in [2.24, 2.45) is 5.73 Å². The van der Waals surface area contributed by atoms with Crippen LogP contribution in [0, 0.1) is 11.6 Å². The summed E-state index contributed by atoms with van der Waals surface area (Å²) in [6, 6.07) is 2.99. The number of alkyl halides is 3. The molecule has 2 N–H and O–H groups in total. The lowest BCUT2D eigenvalue weighted by Gasteiger charge is -2.41. The molecule has 0 spiro atoms. The third-order valence-electron chi connectivity index (χ3n) is 5.41. The van der Waals surface area contributed by atoms with Gasteiger partial charge in [-0.1, -0.05) is 0 Å². The average Bonchev–Trinajstić information content (AvgIpc) is 2.68. The van der Waals surface area contributed by atoms with Crippen LogP contribution in [-0.2, 0) is 19.1 Å². The van der Waals surface area contributed by atoms with Gasteiger partial charge in [0.2, 0.25) is 5.82 Å². The molecule has 4 rings (SSSR count).